The van der Waals surface area contributed by atoms with Crippen LogP contribution in [0.1, 0.15) is 30.8 Å². The van der Waals surface area contributed by atoms with E-state index in [0.29, 0.717) is 18.7 Å². The van der Waals surface area contributed by atoms with Gasteiger partial charge in [-0.15, -0.1) is 0 Å². The first-order valence-corrected chi connectivity index (χ1v) is 6.02. The summed E-state index contributed by atoms with van der Waals surface area (Å²) in [5, 5.41) is 13.9. The molecular formula is C14H15N3O. The van der Waals surface area contributed by atoms with Crippen molar-refractivity contribution in [1.82, 2.24) is 9.78 Å². The third-order valence-electron chi connectivity index (χ3n) is 2.85. The van der Waals surface area contributed by atoms with Crippen molar-refractivity contribution in [3.8, 4) is 6.07 Å². The average molecular weight is 241 g/mol. The molecule has 0 saturated carbocycles. The summed E-state index contributed by atoms with van der Waals surface area (Å²) in [6.07, 6.45) is 0.390. The second-order valence-corrected chi connectivity index (χ2v) is 4.52. The van der Waals surface area contributed by atoms with E-state index in [1.165, 1.54) is 0 Å². The Kier molecular flexibility index (Phi) is 3.42. The second-order valence-electron chi connectivity index (χ2n) is 4.52. The number of para-hydroxylation sites is 1. The van der Waals surface area contributed by atoms with Gasteiger partial charge in [0.15, 0.2) is 5.78 Å². The van der Waals surface area contributed by atoms with Gasteiger partial charge in [-0.1, -0.05) is 32.0 Å². The van der Waals surface area contributed by atoms with Crippen molar-refractivity contribution in [3.05, 3.63) is 30.0 Å². The Hall–Kier alpha value is -2.15. The lowest BCUT2D eigenvalue weighted by atomic mass is 10.0. The minimum Gasteiger partial charge on any atom is -0.292 e. The zero-order chi connectivity index (χ0) is 13.1. The van der Waals surface area contributed by atoms with Gasteiger partial charge in [-0.3, -0.25) is 9.48 Å². The standard InChI is InChI=1S/C14H15N3O/c1-10(2)14(18)13-11-6-3-4-7-12(11)17(16-13)9-5-8-15/h3-4,6-7,10H,5,9H2,1-2H3. The highest BCUT2D eigenvalue weighted by Gasteiger charge is 2.18. The third-order valence-corrected chi connectivity index (χ3v) is 2.85. The molecule has 0 fully saturated rings. The molecule has 4 heteroatoms. The number of carbonyl (C=O) groups is 1. The minimum absolute atomic E-state index is 0.0434. The van der Waals surface area contributed by atoms with Gasteiger partial charge in [0.25, 0.3) is 0 Å². The van der Waals surface area contributed by atoms with E-state index < -0.39 is 0 Å². The topological polar surface area (TPSA) is 58.7 Å². The van der Waals surface area contributed by atoms with E-state index in [-0.39, 0.29) is 11.7 Å². The van der Waals surface area contributed by atoms with Crippen LogP contribution in [0.25, 0.3) is 10.9 Å². The summed E-state index contributed by atoms with van der Waals surface area (Å²) in [6.45, 7) is 4.25. The summed E-state index contributed by atoms with van der Waals surface area (Å²) in [5.41, 5.74) is 1.43. The Bertz CT molecular complexity index is 619. The van der Waals surface area contributed by atoms with Crippen molar-refractivity contribution in [2.45, 2.75) is 26.8 Å². The van der Waals surface area contributed by atoms with Crippen molar-refractivity contribution in [2.75, 3.05) is 0 Å². The maximum atomic E-state index is 12.1. The van der Waals surface area contributed by atoms with E-state index in [1.54, 1.807) is 4.68 Å². The molecule has 0 atom stereocenters. The number of nitriles is 1. The molecule has 1 heterocycles. The molecule has 0 N–H and O–H groups in total. The third kappa shape index (κ3) is 2.12. The summed E-state index contributed by atoms with van der Waals surface area (Å²) in [4.78, 5) is 12.1. The molecule has 18 heavy (non-hydrogen) atoms. The zero-order valence-corrected chi connectivity index (χ0v) is 10.6. The fourth-order valence-electron chi connectivity index (χ4n) is 1.91. The van der Waals surface area contributed by atoms with Crippen LogP contribution in [0.2, 0.25) is 0 Å². The van der Waals surface area contributed by atoms with E-state index in [1.807, 2.05) is 38.1 Å². The zero-order valence-electron chi connectivity index (χ0n) is 10.6. The van der Waals surface area contributed by atoms with Crippen LogP contribution in [-0.2, 0) is 6.54 Å². The highest BCUT2D eigenvalue weighted by atomic mass is 16.1. The minimum atomic E-state index is -0.0762. The SMILES string of the molecule is CC(C)C(=O)c1nn(CCC#N)c2ccccc12. The molecule has 4 nitrogen and oxygen atoms in total. The van der Waals surface area contributed by atoms with Crippen LogP contribution >= 0.6 is 0 Å². The molecule has 92 valence electrons. The number of fused-ring (bicyclic) bond motifs is 1. The van der Waals surface area contributed by atoms with Gasteiger partial charge in [0.1, 0.15) is 5.69 Å². The lowest BCUT2D eigenvalue weighted by Crippen LogP contribution is -2.09. The lowest BCUT2D eigenvalue weighted by molar-refractivity contribution is 0.0935. The van der Waals surface area contributed by atoms with Gasteiger partial charge in [-0.05, 0) is 6.07 Å². The van der Waals surface area contributed by atoms with Gasteiger partial charge in [0, 0.05) is 11.3 Å². The highest BCUT2D eigenvalue weighted by molar-refractivity contribution is 6.06. The predicted octanol–water partition coefficient (Wildman–Crippen LogP) is 2.79. The fourth-order valence-corrected chi connectivity index (χ4v) is 1.91. The molecule has 0 spiro atoms. The summed E-state index contributed by atoms with van der Waals surface area (Å²) in [6, 6.07) is 9.74. The van der Waals surface area contributed by atoms with Crippen molar-refractivity contribution in [3.63, 3.8) is 0 Å². The van der Waals surface area contributed by atoms with Gasteiger partial charge in [0.2, 0.25) is 0 Å². The fraction of sp³-hybridized carbons (Fsp3) is 0.357. The second kappa shape index (κ2) is 5.01. The Labute approximate surface area is 106 Å². The molecule has 0 aliphatic heterocycles. The molecule has 1 aromatic carbocycles. The first-order valence-electron chi connectivity index (χ1n) is 6.02. The van der Waals surface area contributed by atoms with Gasteiger partial charge >= 0.3 is 0 Å². The van der Waals surface area contributed by atoms with E-state index in [9.17, 15) is 4.79 Å². The molecule has 2 aromatic rings. The number of carbonyl (C=O) groups excluding carboxylic acids is 1. The number of rotatable bonds is 4. The molecule has 1 aromatic heterocycles. The predicted molar refractivity (Wildman–Crippen MR) is 69.1 cm³/mol. The van der Waals surface area contributed by atoms with Crippen molar-refractivity contribution < 1.29 is 4.79 Å². The maximum absolute atomic E-state index is 12.1. The van der Waals surface area contributed by atoms with E-state index in [0.717, 1.165) is 10.9 Å². The number of benzene rings is 1. The first-order chi connectivity index (χ1) is 8.65. The molecular weight excluding hydrogens is 226 g/mol. The molecule has 0 radical (unpaired) electrons. The average Bonchev–Trinajstić information content (AvgIpc) is 2.74. The van der Waals surface area contributed by atoms with Crippen molar-refractivity contribution in [2.24, 2.45) is 5.92 Å². The van der Waals surface area contributed by atoms with E-state index in [2.05, 4.69) is 11.2 Å². The Morgan fingerprint density at radius 1 is 1.44 bits per heavy atom. The number of hydrogen-bond donors (Lipinski definition) is 0. The number of aryl methyl sites for hydroxylation is 1. The van der Waals surface area contributed by atoms with Crippen LogP contribution in [0.4, 0.5) is 0 Å². The van der Waals surface area contributed by atoms with Crippen molar-refractivity contribution >= 4 is 16.7 Å². The molecule has 0 aliphatic carbocycles. The number of ketones is 1. The molecule has 0 aliphatic rings. The van der Waals surface area contributed by atoms with Gasteiger partial charge in [-0.2, -0.15) is 10.4 Å². The molecule has 0 unspecified atom stereocenters. The Morgan fingerprint density at radius 3 is 2.83 bits per heavy atom. The first kappa shape index (κ1) is 12.3. The molecule has 2 rings (SSSR count). The Balaban J connectivity index is 2.54. The van der Waals surface area contributed by atoms with E-state index in [4.69, 9.17) is 5.26 Å². The van der Waals surface area contributed by atoms with Crippen LogP contribution in [0, 0.1) is 17.2 Å². The summed E-state index contributed by atoms with van der Waals surface area (Å²) in [5.74, 6) is -0.0327. The quantitative estimate of drug-likeness (QED) is 0.773. The summed E-state index contributed by atoms with van der Waals surface area (Å²) in [7, 11) is 0. The van der Waals surface area contributed by atoms with Crippen molar-refractivity contribution in [1.29, 1.82) is 5.26 Å². The van der Waals surface area contributed by atoms with Gasteiger partial charge in [-0.25, -0.2) is 0 Å². The smallest absolute Gasteiger partial charge is 0.186 e. The maximum Gasteiger partial charge on any atom is 0.186 e. The van der Waals surface area contributed by atoms with Crippen LogP contribution in [0.15, 0.2) is 24.3 Å². The van der Waals surface area contributed by atoms with Crippen LogP contribution < -0.4 is 0 Å². The lowest BCUT2D eigenvalue weighted by Gasteiger charge is -2.00. The number of nitrogens with zero attached hydrogens (tertiary/aromatic N) is 3. The van der Waals surface area contributed by atoms with Crippen LogP contribution in [0.3, 0.4) is 0 Å². The van der Waals surface area contributed by atoms with Gasteiger partial charge < -0.3 is 0 Å². The molecule has 0 saturated heterocycles. The number of hydrogen-bond acceptors (Lipinski definition) is 3. The molecule has 0 bridgehead atoms. The Morgan fingerprint density at radius 2 is 2.17 bits per heavy atom. The normalized spacial score (nSPS) is 10.8. The summed E-state index contributed by atoms with van der Waals surface area (Å²) < 4.78 is 1.74. The van der Waals surface area contributed by atoms with Crippen LogP contribution in [-0.4, -0.2) is 15.6 Å². The highest BCUT2D eigenvalue weighted by Crippen LogP contribution is 2.21. The van der Waals surface area contributed by atoms with E-state index >= 15 is 0 Å². The monoisotopic (exact) mass is 241 g/mol. The number of aromatic nitrogens is 2. The van der Waals surface area contributed by atoms with Gasteiger partial charge in [0.05, 0.1) is 24.6 Å². The summed E-state index contributed by atoms with van der Waals surface area (Å²) >= 11 is 0. The van der Waals surface area contributed by atoms with Crippen LogP contribution in [0.5, 0.6) is 0 Å². The largest absolute Gasteiger partial charge is 0.292 e. The number of Topliss-reactive ketones (excluding diaryl/α,β-unsaturated/α-hetero) is 1. The molecule has 0 amide bonds.